The van der Waals surface area contributed by atoms with Gasteiger partial charge in [0.15, 0.2) is 0 Å². The number of nitrogens with one attached hydrogen (secondary N) is 1. The van der Waals surface area contributed by atoms with E-state index in [1.54, 1.807) is 33.0 Å². The van der Waals surface area contributed by atoms with Crippen LogP contribution in [0.25, 0.3) is 0 Å². The van der Waals surface area contributed by atoms with Gasteiger partial charge in [0.1, 0.15) is 22.5 Å². The molecule has 0 aliphatic carbocycles. The average molecular weight is 347 g/mol. The quantitative estimate of drug-likeness (QED) is 0.840. The van der Waals surface area contributed by atoms with Crippen molar-refractivity contribution in [2.75, 3.05) is 12.4 Å². The molecule has 0 bridgehead atoms. The first kappa shape index (κ1) is 18.0. The number of amides is 1. The van der Waals surface area contributed by atoms with Gasteiger partial charge >= 0.3 is 0 Å². The molecule has 0 aliphatic rings. The molecule has 0 aliphatic heterocycles. The van der Waals surface area contributed by atoms with Crippen LogP contribution in [0.4, 0.5) is 5.88 Å². The maximum Gasteiger partial charge on any atom is 0.243 e. The molecule has 0 unspecified atom stereocenters. The standard InChI is InChI=1S/C17H19ClN4O2/c1-10-12(3)24-17(14(10)7-19)21-16(23)11(2)22(4)9-13-5-6-15(18)20-8-13/h5-6,8,11H,9H2,1-4H3,(H,21,23)/t11-/m1/s1. The number of aryl methyl sites for hydroxylation is 1. The number of pyridine rings is 1. The lowest BCUT2D eigenvalue weighted by Crippen LogP contribution is -2.39. The van der Waals surface area contributed by atoms with E-state index in [1.807, 2.05) is 18.0 Å². The van der Waals surface area contributed by atoms with Crippen LogP contribution in [0.15, 0.2) is 22.7 Å². The number of carbonyl (C=O) groups excluding carboxylic acids is 1. The first-order valence-corrected chi connectivity index (χ1v) is 7.83. The van der Waals surface area contributed by atoms with Crippen molar-refractivity contribution < 1.29 is 9.21 Å². The van der Waals surface area contributed by atoms with Crippen LogP contribution >= 0.6 is 11.6 Å². The van der Waals surface area contributed by atoms with E-state index in [1.165, 1.54) is 0 Å². The first-order chi connectivity index (χ1) is 11.3. The Balaban J connectivity index is 2.05. The zero-order valence-electron chi connectivity index (χ0n) is 14.1. The molecule has 0 saturated heterocycles. The molecule has 2 rings (SSSR count). The largest absolute Gasteiger partial charge is 0.444 e. The Bertz CT molecular complexity index is 777. The van der Waals surface area contributed by atoms with E-state index in [4.69, 9.17) is 16.0 Å². The van der Waals surface area contributed by atoms with Gasteiger partial charge in [-0.05, 0) is 39.4 Å². The van der Waals surface area contributed by atoms with Gasteiger partial charge in [-0.1, -0.05) is 17.7 Å². The van der Waals surface area contributed by atoms with Crippen molar-refractivity contribution >= 4 is 23.4 Å². The number of halogens is 1. The molecular formula is C17H19ClN4O2. The molecule has 1 amide bonds. The summed E-state index contributed by atoms with van der Waals surface area (Å²) in [4.78, 5) is 18.3. The number of anilines is 1. The average Bonchev–Trinajstić information content (AvgIpc) is 2.82. The molecule has 2 heterocycles. The fraction of sp³-hybridized carbons (Fsp3) is 0.353. The van der Waals surface area contributed by atoms with E-state index in [0.717, 1.165) is 11.1 Å². The van der Waals surface area contributed by atoms with Gasteiger partial charge in [-0.3, -0.25) is 15.0 Å². The number of nitrogens with zero attached hydrogens (tertiary/aromatic N) is 3. The Morgan fingerprint density at radius 1 is 1.50 bits per heavy atom. The van der Waals surface area contributed by atoms with Crippen LogP contribution in [0.5, 0.6) is 0 Å². The van der Waals surface area contributed by atoms with E-state index in [0.29, 0.717) is 23.0 Å². The van der Waals surface area contributed by atoms with Crippen LogP contribution in [0, 0.1) is 25.2 Å². The Morgan fingerprint density at radius 3 is 2.79 bits per heavy atom. The second kappa shape index (κ2) is 7.47. The molecule has 2 aromatic rings. The maximum atomic E-state index is 12.4. The molecule has 126 valence electrons. The van der Waals surface area contributed by atoms with Gasteiger partial charge in [0, 0.05) is 18.3 Å². The monoisotopic (exact) mass is 346 g/mol. The summed E-state index contributed by atoms with van der Waals surface area (Å²) in [7, 11) is 1.84. The Kier molecular flexibility index (Phi) is 5.60. The van der Waals surface area contributed by atoms with Gasteiger partial charge in [-0.25, -0.2) is 4.98 Å². The summed E-state index contributed by atoms with van der Waals surface area (Å²) in [6.07, 6.45) is 1.68. The van der Waals surface area contributed by atoms with Crippen LogP contribution in [0.2, 0.25) is 5.15 Å². The Hall–Kier alpha value is -2.36. The first-order valence-electron chi connectivity index (χ1n) is 7.45. The van der Waals surface area contributed by atoms with Crippen LogP contribution in [0.3, 0.4) is 0 Å². The van der Waals surface area contributed by atoms with Gasteiger partial charge in [-0.2, -0.15) is 5.26 Å². The molecule has 1 atom stereocenters. The molecule has 7 heteroatoms. The van der Waals surface area contributed by atoms with E-state index >= 15 is 0 Å². The summed E-state index contributed by atoms with van der Waals surface area (Å²) in [6, 6.07) is 5.22. The fourth-order valence-electron chi connectivity index (χ4n) is 2.19. The number of rotatable bonds is 5. The molecule has 0 radical (unpaired) electrons. The summed E-state index contributed by atoms with van der Waals surface area (Å²) < 4.78 is 5.47. The summed E-state index contributed by atoms with van der Waals surface area (Å²) in [5.41, 5.74) is 2.04. The lowest BCUT2D eigenvalue weighted by molar-refractivity contribution is -0.120. The highest BCUT2D eigenvalue weighted by molar-refractivity contribution is 6.29. The Morgan fingerprint density at radius 2 is 2.21 bits per heavy atom. The number of hydrogen-bond donors (Lipinski definition) is 1. The van der Waals surface area contributed by atoms with Crippen molar-refractivity contribution in [3.8, 4) is 6.07 Å². The summed E-state index contributed by atoms with van der Waals surface area (Å²) in [5, 5.41) is 12.3. The summed E-state index contributed by atoms with van der Waals surface area (Å²) in [6.45, 7) is 5.87. The van der Waals surface area contributed by atoms with Crippen LogP contribution in [-0.2, 0) is 11.3 Å². The summed E-state index contributed by atoms with van der Waals surface area (Å²) >= 11 is 5.77. The molecule has 0 fully saturated rings. The number of nitriles is 1. The van der Waals surface area contributed by atoms with E-state index in [9.17, 15) is 10.1 Å². The van der Waals surface area contributed by atoms with Crippen LogP contribution < -0.4 is 5.32 Å². The van der Waals surface area contributed by atoms with Crippen molar-refractivity contribution in [2.45, 2.75) is 33.4 Å². The minimum Gasteiger partial charge on any atom is -0.444 e. The van der Waals surface area contributed by atoms with Crippen LogP contribution in [-0.4, -0.2) is 28.9 Å². The van der Waals surface area contributed by atoms with E-state index in [2.05, 4.69) is 16.4 Å². The van der Waals surface area contributed by atoms with Crippen molar-refractivity contribution in [2.24, 2.45) is 0 Å². The zero-order valence-corrected chi connectivity index (χ0v) is 14.8. The lowest BCUT2D eigenvalue weighted by Gasteiger charge is -2.23. The fourth-order valence-corrected chi connectivity index (χ4v) is 2.30. The molecule has 0 spiro atoms. The lowest BCUT2D eigenvalue weighted by atomic mass is 10.2. The predicted octanol–water partition coefficient (Wildman–Crippen LogP) is 3.28. The second-order valence-electron chi connectivity index (χ2n) is 5.67. The smallest absolute Gasteiger partial charge is 0.243 e. The van der Waals surface area contributed by atoms with Crippen molar-refractivity contribution in [3.63, 3.8) is 0 Å². The zero-order chi connectivity index (χ0) is 17.9. The Labute approximate surface area is 146 Å². The molecule has 1 N–H and O–H groups in total. The number of aromatic nitrogens is 1. The van der Waals surface area contributed by atoms with E-state index in [-0.39, 0.29) is 11.8 Å². The van der Waals surface area contributed by atoms with Gasteiger partial charge < -0.3 is 4.42 Å². The highest BCUT2D eigenvalue weighted by Gasteiger charge is 2.22. The molecule has 6 nitrogen and oxygen atoms in total. The third kappa shape index (κ3) is 3.94. The minimum atomic E-state index is -0.419. The third-order valence-electron chi connectivity index (χ3n) is 4.00. The SMILES string of the molecule is Cc1oc(NC(=O)[C@@H](C)N(C)Cc2ccc(Cl)nc2)c(C#N)c1C. The minimum absolute atomic E-state index is 0.200. The number of carbonyl (C=O) groups is 1. The van der Waals surface area contributed by atoms with Crippen LogP contribution in [0.1, 0.15) is 29.4 Å². The number of likely N-dealkylation sites (N-methyl/N-ethyl adjacent to an activating group) is 1. The topological polar surface area (TPSA) is 82.2 Å². The van der Waals surface area contributed by atoms with E-state index < -0.39 is 6.04 Å². The highest BCUT2D eigenvalue weighted by Crippen LogP contribution is 2.25. The van der Waals surface area contributed by atoms with Gasteiger partial charge in [0.2, 0.25) is 11.8 Å². The number of furan rings is 1. The normalized spacial score (nSPS) is 12.0. The maximum absolute atomic E-state index is 12.4. The van der Waals surface area contributed by atoms with Gasteiger partial charge in [0.25, 0.3) is 0 Å². The van der Waals surface area contributed by atoms with Crippen molar-refractivity contribution in [1.29, 1.82) is 5.26 Å². The highest BCUT2D eigenvalue weighted by atomic mass is 35.5. The van der Waals surface area contributed by atoms with Crippen molar-refractivity contribution in [1.82, 2.24) is 9.88 Å². The summed E-state index contributed by atoms with van der Waals surface area (Å²) in [5.74, 6) is 0.575. The molecule has 2 aromatic heterocycles. The third-order valence-corrected chi connectivity index (χ3v) is 4.22. The molecule has 24 heavy (non-hydrogen) atoms. The molecule has 0 aromatic carbocycles. The van der Waals surface area contributed by atoms with Gasteiger partial charge in [0.05, 0.1) is 6.04 Å². The second-order valence-corrected chi connectivity index (χ2v) is 6.06. The molecular weight excluding hydrogens is 328 g/mol. The van der Waals surface area contributed by atoms with Gasteiger partial charge in [-0.15, -0.1) is 0 Å². The van der Waals surface area contributed by atoms with Crippen molar-refractivity contribution in [3.05, 3.63) is 45.9 Å². The number of hydrogen-bond acceptors (Lipinski definition) is 5. The molecule has 0 saturated carbocycles. The predicted molar refractivity (Wildman–Crippen MR) is 91.7 cm³/mol.